The number of carbonyl (C=O) groups is 1. The molecule has 2 rings (SSSR count). The van der Waals surface area contributed by atoms with Gasteiger partial charge in [-0.05, 0) is 48.9 Å². The summed E-state index contributed by atoms with van der Waals surface area (Å²) in [7, 11) is 1.65. The molecule has 1 aromatic carbocycles. The van der Waals surface area contributed by atoms with Crippen molar-refractivity contribution < 1.29 is 9.53 Å². The standard InChI is InChI=1S/C15H19BrO2/c1-10-3-4-11(7-10)15(17)9-12-8-13(18-2)5-6-14(12)16/h5-6,8,10-11H,3-4,7,9H2,1-2H3. The van der Waals surface area contributed by atoms with Gasteiger partial charge in [-0.25, -0.2) is 0 Å². The van der Waals surface area contributed by atoms with E-state index >= 15 is 0 Å². The zero-order valence-corrected chi connectivity index (χ0v) is 12.5. The van der Waals surface area contributed by atoms with Crippen LogP contribution in [0.4, 0.5) is 0 Å². The summed E-state index contributed by atoms with van der Waals surface area (Å²) in [6.45, 7) is 2.23. The van der Waals surface area contributed by atoms with E-state index in [-0.39, 0.29) is 5.92 Å². The van der Waals surface area contributed by atoms with Crippen LogP contribution in [0, 0.1) is 11.8 Å². The van der Waals surface area contributed by atoms with Crippen molar-refractivity contribution in [2.75, 3.05) is 7.11 Å². The van der Waals surface area contributed by atoms with E-state index in [1.165, 1.54) is 6.42 Å². The summed E-state index contributed by atoms with van der Waals surface area (Å²) in [5.74, 6) is 2.14. The molecule has 1 aliphatic rings. The van der Waals surface area contributed by atoms with Crippen molar-refractivity contribution >= 4 is 21.7 Å². The highest BCUT2D eigenvalue weighted by molar-refractivity contribution is 9.10. The zero-order valence-electron chi connectivity index (χ0n) is 10.9. The Morgan fingerprint density at radius 3 is 2.83 bits per heavy atom. The first-order valence-electron chi connectivity index (χ1n) is 6.45. The molecule has 0 heterocycles. The molecule has 1 saturated carbocycles. The van der Waals surface area contributed by atoms with Crippen LogP contribution in [0.2, 0.25) is 0 Å². The van der Waals surface area contributed by atoms with Gasteiger partial charge in [0.05, 0.1) is 7.11 Å². The van der Waals surface area contributed by atoms with Crippen molar-refractivity contribution in [2.45, 2.75) is 32.6 Å². The third-order valence-electron chi connectivity index (χ3n) is 3.77. The number of benzene rings is 1. The molecular weight excluding hydrogens is 292 g/mol. The summed E-state index contributed by atoms with van der Waals surface area (Å²) in [6, 6.07) is 5.79. The van der Waals surface area contributed by atoms with Gasteiger partial charge in [-0.2, -0.15) is 0 Å². The fourth-order valence-corrected chi connectivity index (χ4v) is 3.03. The summed E-state index contributed by atoms with van der Waals surface area (Å²) < 4.78 is 6.19. The highest BCUT2D eigenvalue weighted by atomic mass is 79.9. The predicted octanol–water partition coefficient (Wildman–Crippen LogP) is 4.01. The average Bonchev–Trinajstić information content (AvgIpc) is 2.79. The average molecular weight is 311 g/mol. The fourth-order valence-electron chi connectivity index (χ4n) is 2.65. The van der Waals surface area contributed by atoms with E-state index in [1.54, 1.807) is 7.11 Å². The lowest BCUT2D eigenvalue weighted by molar-refractivity contribution is -0.122. The van der Waals surface area contributed by atoms with Gasteiger partial charge in [-0.1, -0.05) is 22.9 Å². The van der Waals surface area contributed by atoms with Crippen LogP contribution in [-0.2, 0) is 11.2 Å². The Bertz CT molecular complexity index is 442. The quantitative estimate of drug-likeness (QED) is 0.840. The molecule has 0 radical (unpaired) electrons. The molecule has 98 valence electrons. The summed E-state index contributed by atoms with van der Waals surface area (Å²) in [6.07, 6.45) is 3.81. The van der Waals surface area contributed by atoms with Crippen molar-refractivity contribution in [3.8, 4) is 5.75 Å². The molecule has 0 aliphatic heterocycles. The van der Waals surface area contributed by atoms with Crippen LogP contribution < -0.4 is 4.74 Å². The number of halogens is 1. The molecule has 1 aromatic rings. The molecule has 2 nitrogen and oxygen atoms in total. The largest absolute Gasteiger partial charge is 0.497 e. The van der Waals surface area contributed by atoms with Gasteiger partial charge in [0, 0.05) is 16.8 Å². The predicted molar refractivity (Wildman–Crippen MR) is 75.9 cm³/mol. The Balaban J connectivity index is 2.06. The molecule has 2 atom stereocenters. The monoisotopic (exact) mass is 310 g/mol. The molecule has 1 aliphatic carbocycles. The minimum Gasteiger partial charge on any atom is -0.497 e. The van der Waals surface area contributed by atoms with Gasteiger partial charge in [0.2, 0.25) is 0 Å². The lowest BCUT2D eigenvalue weighted by Gasteiger charge is -2.11. The molecule has 0 aromatic heterocycles. The first-order valence-corrected chi connectivity index (χ1v) is 7.24. The van der Waals surface area contributed by atoms with Crippen LogP contribution in [0.15, 0.2) is 22.7 Å². The number of carbonyl (C=O) groups excluding carboxylic acids is 1. The molecule has 18 heavy (non-hydrogen) atoms. The number of hydrogen-bond acceptors (Lipinski definition) is 2. The molecule has 3 heteroatoms. The third-order valence-corrected chi connectivity index (χ3v) is 4.54. The van der Waals surface area contributed by atoms with Crippen LogP contribution in [0.5, 0.6) is 5.75 Å². The van der Waals surface area contributed by atoms with E-state index in [4.69, 9.17) is 4.74 Å². The highest BCUT2D eigenvalue weighted by Crippen LogP contribution is 2.32. The number of rotatable bonds is 4. The van der Waals surface area contributed by atoms with Crippen LogP contribution in [0.3, 0.4) is 0 Å². The number of ether oxygens (including phenoxy) is 1. The highest BCUT2D eigenvalue weighted by Gasteiger charge is 2.27. The van der Waals surface area contributed by atoms with Gasteiger partial charge >= 0.3 is 0 Å². The first kappa shape index (κ1) is 13.6. The summed E-state index contributed by atoms with van der Waals surface area (Å²) >= 11 is 3.50. The van der Waals surface area contributed by atoms with E-state index in [2.05, 4.69) is 22.9 Å². The van der Waals surface area contributed by atoms with E-state index < -0.39 is 0 Å². The Kier molecular flexibility index (Phi) is 4.44. The second-order valence-corrected chi connectivity index (χ2v) is 6.07. The van der Waals surface area contributed by atoms with E-state index in [0.717, 1.165) is 28.6 Å². The van der Waals surface area contributed by atoms with Crippen LogP contribution in [-0.4, -0.2) is 12.9 Å². The minimum atomic E-state index is 0.262. The SMILES string of the molecule is COc1ccc(Br)c(CC(=O)C2CCC(C)C2)c1. The van der Waals surface area contributed by atoms with Crippen LogP contribution in [0.1, 0.15) is 31.7 Å². The fraction of sp³-hybridized carbons (Fsp3) is 0.533. The molecule has 0 saturated heterocycles. The number of Topliss-reactive ketones (excluding diaryl/α,β-unsaturated/α-hetero) is 1. The zero-order chi connectivity index (χ0) is 13.1. The maximum atomic E-state index is 12.3. The van der Waals surface area contributed by atoms with Gasteiger partial charge < -0.3 is 4.74 Å². The molecule has 2 unspecified atom stereocenters. The maximum absolute atomic E-state index is 12.3. The molecule has 0 N–H and O–H groups in total. The van der Waals surface area contributed by atoms with E-state index in [1.807, 2.05) is 18.2 Å². The lowest BCUT2D eigenvalue weighted by Crippen LogP contribution is -2.14. The van der Waals surface area contributed by atoms with Gasteiger partial charge in [0.15, 0.2) is 0 Å². The van der Waals surface area contributed by atoms with Gasteiger partial charge in [0.25, 0.3) is 0 Å². The minimum absolute atomic E-state index is 0.262. The van der Waals surface area contributed by atoms with Crippen molar-refractivity contribution in [2.24, 2.45) is 11.8 Å². The van der Waals surface area contributed by atoms with E-state index in [9.17, 15) is 4.79 Å². The third kappa shape index (κ3) is 3.14. The number of ketones is 1. The number of methoxy groups -OCH3 is 1. The normalized spacial score (nSPS) is 23.1. The molecular formula is C15H19BrO2. The second kappa shape index (κ2) is 5.87. The van der Waals surface area contributed by atoms with Crippen LogP contribution >= 0.6 is 15.9 Å². The van der Waals surface area contributed by atoms with Crippen molar-refractivity contribution in [3.63, 3.8) is 0 Å². The Labute approximate surface area is 117 Å². The number of hydrogen-bond donors (Lipinski definition) is 0. The van der Waals surface area contributed by atoms with Crippen molar-refractivity contribution in [3.05, 3.63) is 28.2 Å². The smallest absolute Gasteiger partial charge is 0.140 e. The molecule has 1 fully saturated rings. The second-order valence-electron chi connectivity index (χ2n) is 5.22. The van der Waals surface area contributed by atoms with Crippen molar-refractivity contribution in [1.82, 2.24) is 0 Å². The summed E-state index contributed by atoms with van der Waals surface area (Å²) in [4.78, 5) is 12.3. The molecule has 0 bridgehead atoms. The van der Waals surface area contributed by atoms with Gasteiger partial charge in [-0.15, -0.1) is 0 Å². The van der Waals surface area contributed by atoms with Crippen LogP contribution in [0.25, 0.3) is 0 Å². The van der Waals surface area contributed by atoms with Crippen molar-refractivity contribution in [1.29, 1.82) is 0 Å². The summed E-state index contributed by atoms with van der Waals surface area (Å²) in [5, 5.41) is 0. The Morgan fingerprint density at radius 2 is 2.22 bits per heavy atom. The Hall–Kier alpha value is -0.830. The molecule has 0 amide bonds. The first-order chi connectivity index (χ1) is 8.60. The maximum Gasteiger partial charge on any atom is 0.140 e. The lowest BCUT2D eigenvalue weighted by atomic mass is 9.95. The van der Waals surface area contributed by atoms with Gasteiger partial charge in [-0.3, -0.25) is 4.79 Å². The Morgan fingerprint density at radius 1 is 1.44 bits per heavy atom. The summed E-state index contributed by atoms with van der Waals surface area (Å²) in [5.41, 5.74) is 1.03. The topological polar surface area (TPSA) is 26.3 Å². The van der Waals surface area contributed by atoms with Gasteiger partial charge in [0.1, 0.15) is 11.5 Å². The molecule has 0 spiro atoms. The van der Waals surface area contributed by atoms with E-state index in [0.29, 0.717) is 18.1 Å².